The van der Waals surface area contributed by atoms with Crippen molar-refractivity contribution in [2.45, 2.75) is 193 Å². The van der Waals surface area contributed by atoms with Gasteiger partial charge in [-0.2, -0.15) is 0 Å². The van der Waals surface area contributed by atoms with Crippen LogP contribution < -0.4 is 0 Å². The summed E-state index contributed by atoms with van der Waals surface area (Å²) in [5.74, 6) is -0.885. The van der Waals surface area contributed by atoms with Crippen molar-refractivity contribution in [3.8, 4) is 0 Å². The lowest BCUT2D eigenvalue weighted by Crippen LogP contribution is -2.29. The van der Waals surface area contributed by atoms with Crippen molar-refractivity contribution in [2.24, 2.45) is 0 Å². The summed E-state index contributed by atoms with van der Waals surface area (Å²) in [6.45, 7) is 3.66. The summed E-state index contributed by atoms with van der Waals surface area (Å²) in [6, 6.07) is 0. The van der Waals surface area contributed by atoms with E-state index in [1.54, 1.807) is 0 Å². The quantitative estimate of drug-likeness (QED) is 0.0303. The Morgan fingerprint density at radius 2 is 0.933 bits per heavy atom. The first-order chi connectivity index (χ1) is 21.8. The number of ether oxygens (including phenoxy) is 2. The average Bonchev–Trinajstić information content (AvgIpc) is 3.00. The van der Waals surface area contributed by atoms with E-state index in [4.69, 9.17) is 19.3 Å². The molecule has 0 fully saturated rings. The van der Waals surface area contributed by atoms with Gasteiger partial charge in [0.25, 0.3) is 0 Å². The summed E-state index contributed by atoms with van der Waals surface area (Å²) in [5.41, 5.74) is 0. The van der Waals surface area contributed by atoms with Crippen LogP contribution in [0.5, 0.6) is 0 Å². The van der Waals surface area contributed by atoms with Gasteiger partial charge in [0.2, 0.25) is 0 Å². The number of phosphoric acid groups is 1. The zero-order chi connectivity index (χ0) is 33.3. The van der Waals surface area contributed by atoms with Gasteiger partial charge in [0.15, 0.2) is 6.10 Å². The number of hydrogen-bond acceptors (Lipinski definition) is 6. The standard InChI is InChI=1S/C36H69O8P/c1-3-5-7-9-11-13-15-16-17-18-19-20-21-23-25-27-29-31-36(38)44-34(33-43-45(39,40)41)32-42-35(37)30-28-26-24-22-14-12-10-8-6-4-2/h16-17,34H,3-15,18-33H2,1-2H3,(H2,39,40,41)/b17-16-/t34-/m1/s1. The van der Waals surface area contributed by atoms with Gasteiger partial charge in [-0.05, 0) is 38.5 Å². The molecule has 0 saturated carbocycles. The van der Waals surface area contributed by atoms with Crippen molar-refractivity contribution in [2.75, 3.05) is 13.2 Å². The van der Waals surface area contributed by atoms with Crippen LogP contribution in [-0.4, -0.2) is 41.0 Å². The zero-order valence-corrected chi connectivity index (χ0v) is 29.9. The van der Waals surface area contributed by atoms with E-state index < -0.39 is 32.5 Å². The van der Waals surface area contributed by atoms with E-state index in [-0.39, 0.29) is 19.4 Å². The van der Waals surface area contributed by atoms with Crippen LogP contribution in [-0.2, 0) is 28.2 Å². The number of phosphoric ester groups is 1. The van der Waals surface area contributed by atoms with Gasteiger partial charge in [-0.1, -0.05) is 148 Å². The largest absolute Gasteiger partial charge is 0.469 e. The van der Waals surface area contributed by atoms with Crippen molar-refractivity contribution in [3.63, 3.8) is 0 Å². The molecule has 0 aromatic rings. The summed E-state index contributed by atoms with van der Waals surface area (Å²) < 4.78 is 26.2. The Hall–Kier alpha value is -1.21. The molecule has 0 rings (SSSR count). The fourth-order valence-corrected chi connectivity index (χ4v) is 5.61. The first-order valence-corrected chi connectivity index (χ1v) is 20.0. The van der Waals surface area contributed by atoms with E-state index in [1.165, 1.54) is 109 Å². The average molecular weight is 661 g/mol. The maximum absolute atomic E-state index is 12.3. The molecule has 0 aliphatic carbocycles. The molecule has 9 heteroatoms. The molecule has 0 aromatic carbocycles. The van der Waals surface area contributed by atoms with Crippen molar-refractivity contribution in [3.05, 3.63) is 12.2 Å². The highest BCUT2D eigenvalue weighted by atomic mass is 31.2. The number of carbonyl (C=O) groups excluding carboxylic acids is 2. The van der Waals surface area contributed by atoms with Crippen LogP contribution in [0.3, 0.4) is 0 Å². The number of allylic oxidation sites excluding steroid dienone is 2. The Morgan fingerprint density at radius 1 is 0.556 bits per heavy atom. The minimum Gasteiger partial charge on any atom is -0.462 e. The summed E-state index contributed by atoms with van der Waals surface area (Å²) in [4.78, 5) is 42.6. The van der Waals surface area contributed by atoms with Crippen LogP contribution in [0.2, 0.25) is 0 Å². The third kappa shape index (κ3) is 35.5. The molecule has 0 unspecified atom stereocenters. The number of carbonyl (C=O) groups is 2. The van der Waals surface area contributed by atoms with Gasteiger partial charge in [-0.15, -0.1) is 0 Å². The van der Waals surface area contributed by atoms with Gasteiger partial charge in [0.1, 0.15) is 6.61 Å². The molecule has 2 N–H and O–H groups in total. The lowest BCUT2D eigenvalue weighted by atomic mass is 10.1. The molecule has 0 bridgehead atoms. The van der Waals surface area contributed by atoms with Gasteiger partial charge in [-0.25, -0.2) is 4.57 Å². The van der Waals surface area contributed by atoms with E-state index in [2.05, 4.69) is 30.5 Å². The Kier molecular flexibility index (Phi) is 31.8. The van der Waals surface area contributed by atoms with Gasteiger partial charge in [0, 0.05) is 12.8 Å². The highest BCUT2D eigenvalue weighted by Crippen LogP contribution is 2.36. The molecule has 1 atom stereocenters. The summed E-state index contributed by atoms with van der Waals surface area (Å²) in [6.07, 6.45) is 33.6. The third-order valence-electron chi connectivity index (χ3n) is 8.03. The summed E-state index contributed by atoms with van der Waals surface area (Å²) in [5, 5.41) is 0. The van der Waals surface area contributed by atoms with Crippen LogP contribution in [0.1, 0.15) is 187 Å². The molecule has 0 saturated heterocycles. The second kappa shape index (κ2) is 32.7. The van der Waals surface area contributed by atoms with E-state index in [0.29, 0.717) is 6.42 Å². The lowest BCUT2D eigenvalue weighted by molar-refractivity contribution is -0.161. The van der Waals surface area contributed by atoms with E-state index in [9.17, 15) is 14.2 Å². The van der Waals surface area contributed by atoms with Gasteiger partial charge in [-0.3, -0.25) is 14.1 Å². The van der Waals surface area contributed by atoms with Crippen LogP contribution in [0.4, 0.5) is 0 Å². The van der Waals surface area contributed by atoms with Crippen molar-refractivity contribution >= 4 is 19.8 Å². The molecular weight excluding hydrogens is 591 g/mol. The van der Waals surface area contributed by atoms with Crippen LogP contribution in [0, 0.1) is 0 Å². The monoisotopic (exact) mass is 660 g/mol. The molecule has 0 heterocycles. The van der Waals surface area contributed by atoms with Gasteiger partial charge in [0.05, 0.1) is 6.61 Å². The van der Waals surface area contributed by atoms with E-state index in [0.717, 1.165) is 44.9 Å². The molecule has 0 aliphatic rings. The number of esters is 2. The smallest absolute Gasteiger partial charge is 0.462 e. The minimum absolute atomic E-state index is 0.211. The van der Waals surface area contributed by atoms with Crippen LogP contribution in [0.25, 0.3) is 0 Å². The molecule has 0 amide bonds. The summed E-state index contributed by atoms with van der Waals surface area (Å²) in [7, 11) is -4.74. The molecule has 0 aliphatic heterocycles. The predicted octanol–water partition coefficient (Wildman–Crippen LogP) is 10.7. The fraction of sp³-hybridized carbons (Fsp3) is 0.889. The van der Waals surface area contributed by atoms with Crippen molar-refractivity contribution < 1.29 is 37.9 Å². The second-order valence-corrected chi connectivity index (χ2v) is 13.8. The number of rotatable bonds is 34. The first kappa shape index (κ1) is 43.8. The maximum atomic E-state index is 12.3. The minimum atomic E-state index is -4.74. The van der Waals surface area contributed by atoms with Gasteiger partial charge >= 0.3 is 19.8 Å². The summed E-state index contributed by atoms with van der Waals surface area (Å²) >= 11 is 0. The van der Waals surface area contributed by atoms with E-state index >= 15 is 0 Å². The Balaban J connectivity index is 3.94. The normalized spacial score (nSPS) is 12.5. The SMILES string of the molecule is CCCCCCCC/C=C\CCCCCCCCCC(=O)O[C@H](COC(=O)CCCCCCCCCCCC)COP(=O)(O)O. The second-order valence-electron chi connectivity index (χ2n) is 12.6. The topological polar surface area (TPSA) is 119 Å². The Bertz CT molecular complexity index is 751. The first-order valence-electron chi connectivity index (χ1n) is 18.5. The van der Waals surface area contributed by atoms with Gasteiger partial charge < -0.3 is 19.3 Å². The predicted molar refractivity (Wildman–Crippen MR) is 184 cm³/mol. The Labute approximate surface area is 276 Å². The zero-order valence-electron chi connectivity index (χ0n) is 29.0. The highest BCUT2D eigenvalue weighted by Gasteiger charge is 2.22. The fourth-order valence-electron chi connectivity index (χ4n) is 5.25. The molecule has 8 nitrogen and oxygen atoms in total. The molecule has 0 aromatic heterocycles. The third-order valence-corrected chi connectivity index (χ3v) is 8.52. The van der Waals surface area contributed by atoms with Crippen molar-refractivity contribution in [1.82, 2.24) is 0 Å². The molecule has 45 heavy (non-hydrogen) atoms. The molecular formula is C36H69O8P. The number of unbranched alkanes of at least 4 members (excludes halogenated alkanes) is 22. The van der Waals surface area contributed by atoms with Crippen LogP contribution >= 0.6 is 7.82 Å². The van der Waals surface area contributed by atoms with E-state index in [1.807, 2.05) is 0 Å². The Morgan fingerprint density at radius 3 is 1.36 bits per heavy atom. The number of hydrogen-bond donors (Lipinski definition) is 2. The molecule has 0 spiro atoms. The van der Waals surface area contributed by atoms with Crippen LogP contribution in [0.15, 0.2) is 12.2 Å². The molecule has 0 radical (unpaired) electrons. The highest BCUT2D eigenvalue weighted by molar-refractivity contribution is 7.46. The van der Waals surface area contributed by atoms with Crippen molar-refractivity contribution in [1.29, 1.82) is 0 Å². The molecule has 266 valence electrons. The maximum Gasteiger partial charge on any atom is 0.469 e. The lowest BCUT2D eigenvalue weighted by Gasteiger charge is -2.18.